The number of hydrogen-bond donors (Lipinski definition) is 1. The molecule has 0 amide bonds. The third-order valence-electron chi connectivity index (χ3n) is 2.14. The van der Waals surface area contributed by atoms with Crippen molar-refractivity contribution in [3.8, 4) is 0 Å². The highest BCUT2D eigenvalue weighted by atomic mass is 28.3. The number of unbranched alkanes of at least 4 members (excludes halogenated alkanes) is 1. The van der Waals surface area contributed by atoms with E-state index in [1.807, 2.05) is 0 Å². The van der Waals surface area contributed by atoms with E-state index in [1.165, 1.54) is 0 Å². The van der Waals surface area contributed by atoms with Crippen molar-refractivity contribution in [1.29, 1.82) is 0 Å². The van der Waals surface area contributed by atoms with Crippen LogP contribution in [0.3, 0.4) is 0 Å². The average molecular weight is 231 g/mol. The molecule has 1 rings (SSSR count). The SMILES string of the molecule is [N-]=[N+]=NC[SiH](O)CCCCOCC1CO1. The minimum Gasteiger partial charge on any atom is -0.435 e. The van der Waals surface area contributed by atoms with Gasteiger partial charge in [-0.25, -0.2) is 0 Å². The van der Waals surface area contributed by atoms with E-state index >= 15 is 0 Å². The number of epoxide rings is 1. The topological polar surface area (TPSA) is 90.8 Å². The van der Waals surface area contributed by atoms with E-state index in [1.54, 1.807) is 0 Å². The van der Waals surface area contributed by atoms with Crippen LogP contribution in [0.15, 0.2) is 5.11 Å². The van der Waals surface area contributed by atoms with E-state index in [2.05, 4.69) is 10.0 Å². The summed E-state index contributed by atoms with van der Waals surface area (Å²) in [6.45, 7) is 2.25. The number of hydrogen-bond acceptors (Lipinski definition) is 4. The van der Waals surface area contributed by atoms with Gasteiger partial charge in [-0.2, -0.15) is 0 Å². The molecule has 0 aliphatic carbocycles. The van der Waals surface area contributed by atoms with Crippen molar-refractivity contribution in [1.82, 2.24) is 0 Å². The zero-order valence-corrected chi connectivity index (χ0v) is 9.86. The summed E-state index contributed by atoms with van der Waals surface area (Å²) in [5.41, 5.74) is 8.05. The van der Waals surface area contributed by atoms with Crippen molar-refractivity contribution < 1.29 is 14.3 Å². The largest absolute Gasteiger partial charge is 0.435 e. The van der Waals surface area contributed by atoms with Crippen molar-refractivity contribution in [3.63, 3.8) is 0 Å². The van der Waals surface area contributed by atoms with Gasteiger partial charge in [0, 0.05) is 17.7 Å². The predicted octanol–water partition coefficient (Wildman–Crippen LogP) is 0.748. The van der Waals surface area contributed by atoms with Gasteiger partial charge < -0.3 is 14.3 Å². The molecule has 0 aromatic heterocycles. The Kier molecular flexibility index (Phi) is 6.38. The lowest BCUT2D eigenvalue weighted by molar-refractivity contribution is 0.114. The van der Waals surface area contributed by atoms with Crippen LogP contribution >= 0.6 is 0 Å². The molecule has 0 radical (unpaired) electrons. The molecule has 0 spiro atoms. The first kappa shape index (κ1) is 12.5. The predicted molar refractivity (Wildman–Crippen MR) is 58.0 cm³/mol. The molecule has 1 heterocycles. The van der Waals surface area contributed by atoms with Crippen LogP contribution in [0.25, 0.3) is 10.4 Å². The Morgan fingerprint density at radius 3 is 3.07 bits per heavy atom. The second-order valence-electron chi connectivity index (χ2n) is 3.59. The lowest BCUT2D eigenvalue weighted by Crippen LogP contribution is -2.16. The molecule has 1 aliphatic rings. The second-order valence-corrected chi connectivity index (χ2v) is 5.84. The first-order valence-corrected chi connectivity index (χ1v) is 7.36. The molecule has 0 saturated carbocycles. The first-order chi connectivity index (χ1) is 7.33. The average Bonchev–Trinajstić information content (AvgIpc) is 3.04. The van der Waals surface area contributed by atoms with E-state index in [4.69, 9.17) is 15.0 Å². The highest BCUT2D eigenvalue weighted by Crippen LogP contribution is 2.09. The maximum Gasteiger partial charge on any atom is 0.178 e. The highest BCUT2D eigenvalue weighted by molar-refractivity contribution is 6.50. The fraction of sp³-hybridized carbons (Fsp3) is 1.00. The van der Waals surface area contributed by atoms with Gasteiger partial charge in [0.25, 0.3) is 0 Å². The Morgan fingerprint density at radius 1 is 1.60 bits per heavy atom. The van der Waals surface area contributed by atoms with Gasteiger partial charge in [-0.15, -0.1) is 0 Å². The Labute approximate surface area is 90.5 Å². The molecule has 2 atom stereocenters. The highest BCUT2D eigenvalue weighted by Gasteiger charge is 2.21. The molecule has 0 aromatic rings. The zero-order chi connectivity index (χ0) is 10.9. The summed E-state index contributed by atoms with van der Waals surface area (Å²) in [5.74, 6) is 0. The fourth-order valence-corrected chi connectivity index (χ4v) is 2.39. The van der Waals surface area contributed by atoms with Gasteiger partial charge in [0.05, 0.1) is 13.2 Å². The smallest absolute Gasteiger partial charge is 0.178 e. The van der Waals surface area contributed by atoms with Crippen LogP contribution in [0.4, 0.5) is 0 Å². The van der Waals surface area contributed by atoms with E-state index in [-0.39, 0.29) is 0 Å². The molecule has 15 heavy (non-hydrogen) atoms. The summed E-state index contributed by atoms with van der Waals surface area (Å²) < 4.78 is 10.3. The minimum absolute atomic E-state index is 0.299. The normalized spacial score (nSPS) is 20.7. The van der Waals surface area contributed by atoms with Crippen molar-refractivity contribution in [2.45, 2.75) is 25.0 Å². The fourth-order valence-electron chi connectivity index (χ4n) is 1.19. The van der Waals surface area contributed by atoms with Gasteiger partial charge >= 0.3 is 0 Å². The van der Waals surface area contributed by atoms with Crippen molar-refractivity contribution in [2.75, 3.05) is 26.0 Å². The van der Waals surface area contributed by atoms with Crippen LogP contribution in [0, 0.1) is 0 Å². The summed E-state index contributed by atoms with van der Waals surface area (Å²) in [5, 5.41) is 3.36. The molecule has 1 aliphatic heterocycles. The molecule has 0 bridgehead atoms. The van der Waals surface area contributed by atoms with E-state index in [0.717, 1.165) is 32.1 Å². The van der Waals surface area contributed by atoms with Crippen LogP contribution in [-0.4, -0.2) is 45.9 Å². The Morgan fingerprint density at radius 2 is 2.40 bits per heavy atom. The number of ether oxygens (including phenoxy) is 2. The quantitative estimate of drug-likeness (QED) is 0.158. The molecule has 1 fully saturated rings. The molecule has 1 N–H and O–H groups in total. The standard InChI is InChI=1S/C8H17N3O3Si/c9-11-10-7-15(12)4-2-1-3-13-5-8-6-14-8/h8,12,15H,1-7H2. The minimum atomic E-state index is -1.78. The lowest BCUT2D eigenvalue weighted by atomic mass is 10.3. The van der Waals surface area contributed by atoms with Crippen molar-refractivity contribution in [2.24, 2.45) is 5.11 Å². The number of azide groups is 1. The van der Waals surface area contributed by atoms with Crippen LogP contribution in [0.5, 0.6) is 0 Å². The van der Waals surface area contributed by atoms with Crippen LogP contribution in [-0.2, 0) is 9.47 Å². The summed E-state index contributed by atoms with van der Waals surface area (Å²) in [6.07, 6.45) is 2.52. The zero-order valence-electron chi connectivity index (χ0n) is 8.71. The number of nitrogens with zero attached hydrogens (tertiary/aromatic N) is 3. The Bertz CT molecular complexity index is 219. The van der Waals surface area contributed by atoms with E-state index in [9.17, 15) is 4.80 Å². The van der Waals surface area contributed by atoms with Gasteiger partial charge in [-0.1, -0.05) is 11.5 Å². The molecule has 1 saturated heterocycles. The molecular formula is C8H17N3O3Si. The third-order valence-corrected chi connectivity index (χ3v) is 3.80. The molecule has 6 nitrogen and oxygen atoms in total. The maximum absolute atomic E-state index is 9.45. The maximum atomic E-state index is 9.45. The van der Waals surface area contributed by atoms with Gasteiger partial charge in [-0.3, -0.25) is 0 Å². The monoisotopic (exact) mass is 231 g/mol. The lowest BCUT2D eigenvalue weighted by Gasteiger charge is -2.05. The van der Waals surface area contributed by atoms with E-state index < -0.39 is 9.04 Å². The van der Waals surface area contributed by atoms with Crippen molar-refractivity contribution >= 4 is 9.04 Å². The summed E-state index contributed by atoms with van der Waals surface area (Å²) in [4.78, 5) is 12.1. The second kappa shape index (κ2) is 7.67. The number of rotatable bonds is 9. The van der Waals surface area contributed by atoms with Gasteiger partial charge in [0.2, 0.25) is 0 Å². The van der Waals surface area contributed by atoms with Crippen molar-refractivity contribution in [3.05, 3.63) is 10.4 Å². The van der Waals surface area contributed by atoms with Gasteiger partial charge in [-0.05, 0) is 18.0 Å². The summed E-state index contributed by atoms with van der Waals surface area (Å²) in [6, 6.07) is 0.794. The summed E-state index contributed by atoms with van der Waals surface area (Å²) in [7, 11) is -1.78. The molecule has 86 valence electrons. The van der Waals surface area contributed by atoms with Crippen LogP contribution < -0.4 is 0 Å². The Hall–Kier alpha value is -0.593. The van der Waals surface area contributed by atoms with Gasteiger partial charge in [0.15, 0.2) is 9.04 Å². The molecule has 7 heteroatoms. The molecule has 2 unspecified atom stereocenters. The third kappa shape index (κ3) is 7.35. The molecular weight excluding hydrogens is 214 g/mol. The van der Waals surface area contributed by atoms with Crippen LogP contribution in [0.1, 0.15) is 12.8 Å². The molecule has 0 aromatic carbocycles. The van der Waals surface area contributed by atoms with Gasteiger partial charge in [0.1, 0.15) is 6.10 Å². The van der Waals surface area contributed by atoms with Crippen LogP contribution in [0.2, 0.25) is 6.04 Å². The summed E-state index contributed by atoms with van der Waals surface area (Å²) >= 11 is 0. The van der Waals surface area contributed by atoms with E-state index in [0.29, 0.717) is 18.9 Å². The first-order valence-electron chi connectivity index (χ1n) is 5.21. The Balaban J connectivity index is 1.80.